The Morgan fingerprint density at radius 1 is 1.32 bits per heavy atom. The van der Waals surface area contributed by atoms with Crippen molar-refractivity contribution in [2.24, 2.45) is 5.92 Å². The minimum atomic E-state index is 0.123. The topological polar surface area (TPSA) is 56.0 Å². The van der Waals surface area contributed by atoms with Gasteiger partial charge in [-0.05, 0) is 50.3 Å². The van der Waals surface area contributed by atoms with Crippen LogP contribution >= 0.6 is 0 Å². The Labute approximate surface area is 165 Å². The van der Waals surface area contributed by atoms with Crippen molar-refractivity contribution in [3.05, 3.63) is 60.4 Å². The van der Waals surface area contributed by atoms with Gasteiger partial charge in [0.2, 0.25) is 0 Å². The summed E-state index contributed by atoms with van der Waals surface area (Å²) in [4.78, 5) is 19.3. The van der Waals surface area contributed by atoms with Gasteiger partial charge in [-0.2, -0.15) is 5.10 Å². The Hall–Kier alpha value is -2.89. The second-order valence-electron chi connectivity index (χ2n) is 7.56. The number of rotatable bonds is 5. The largest absolute Gasteiger partial charge is 0.338 e. The molecule has 0 spiro atoms. The van der Waals surface area contributed by atoms with Crippen molar-refractivity contribution in [2.75, 3.05) is 13.1 Å². The van der Waals surface area contributed by atoms with E-state index in [2.05, 4.69) is 34.6 Å². The molecule has 146 valence electrons. The standard InChI is InChI=1S/C22H27N5O/c1-3-27-17(2)21(13-24-27)19-7-4-8-20(12-19)22(28)26-10-5-6-18(15-26)14-25-11-9-23-16-25/h4,7-9,11-13,16,18H,3,5-6,10,14-15H2,1-2H3/t18-/m1/s1. The molecule has 2 aromatic heterocycles. The van der Waals surface area contributed by atoms with Gasteiger partial charge in [-0.1, -0.05) is 12.1 Å². The molecular weight excluding hydrogens is 350 g/mol. The Morgan fingerprint density at radius 3 is 2.96 bits per heavy atom. The maximum atomic E-state index is 13.2. The molecule has 28 heavy (non-hydrogen) atoms. The van der Waals surface area contributed by atoms with Crippen LogP contribution in [0.15, 0.2) is 49.2 Å². The third-order valence-electron chi connectivity index (χ3n) is 5.66. The van der Waals surface area contributed by atoms with Crippen LogP contribution in [0.25, 0.3) is 11.1 Å². The van der Waals surface area contributed by atoms with Crippen LogP contribution in [-0.2, 0) is 13.1 Å². The number of imidazole rings is 1. The first-order valence-electron chi connectivity index (χ1n) is 10.0. The smallest absolute Gasteiger partial charge is 0.253 e. The van der Waals surface area contributed by atoms with Gasteiger partial charge in [0.15, 0.2) is 0 Å². The Balaban J connectivity index is 1.50. The number of hydrogen-bond donors (Lipinski definition) is 0. The maximum Gasteiger partial charge on any atom is 0.253 e. The van der Waals surface area contributed by atoms with E-state index < -0.39 is 0 Å². The van der Waals surface area contributed by atoms with E-state index >= 15 is 0 Å². The normalized spacial score (nSPS) is 17.1. The van der Waals surface area contributed by atoms with Gasteiger partial charge < -0.3 is 9.47 Å². The number of amides is 1. The van der Waals surface area contributed by atoms with Gasteiger partial charge >= 0.3 is 0 Å². The highest BCUT2D eigenvalue weighted by atomic mass is 16.2. The lowest BCUT2D eigenvalue weighted by molar-refractivity contribution is 0.0662. The minimum absolute atomic E-state index is 0.123. The summed E-state index contributed by atoms with van der Waals surface area (Å²) in [6.07, 6.45) is 9.74. The van der Waals surface area contributed by atoms with Crippen molar-refractivity contribution in [1.82, 2.24) is 24.2 Å². The lowest BCUT2D eigenvalue weighted by Crippen LogP contribution is -2.41. The molecule has 6 nitrogen and oxygen atoms in total. The molecule has 1 amide bonds. The number of carbonyl (C=O) groups excluding carboxylic acids is 1. The van der Waals surface area contributed by atoms with E-state index in [1.54, 1.807) is 6.20 Å². The van der Waals surface area contributed by atoms with Gasteiger partial charge in [-0.15, -0.1) is 0 Å². The molecule has 0 bridgehead atoms. The van der Waals surface area contributed by atoms with E-state index in [0.29, 0.717) is 5.92 Å². The minimum Gasteiger partial charge on any atom is -0.338 e. The third-order valence-corrected chi connectivity index (χ3v) is 5.66. The summed E-state index contributed by atoms with van der Waals surface area (Å²) in [6, 6.07) is 7.95. The predicted molar refractivity (Wildman–Crippen MR) is 109 cm³/mol. The van der Waals surface area contributed by atoms with Crippen LogP contribution in [0.3, 0.4) is 0 Å². The van der Waals surface area contributed by atoms with E-state index in [-0.39, 0.29) is 5.91 Å². The van der Waals surface area contributed by atoms with Gasteiger partial charge in [0.25, 0.3) is 5.91 Å². The zero-order chi connectivity index (χ0) is 19.5. The van der Waals surface area contributed by atoms with Gasteiger partial charge in [-0.3, -0.25) is 9.48 Å². The molecule has 0 radical (unpaired) electrons. The monoisotopic (exact) mass is 377 g/mol. The summed E-state index contributed by atoms with van der Waals surface area (Å²) in [7, 11) is 0. The van der Waals surface area contributed by atoms with Crippen molar-refractivity contribution in [3.63, 3.8) is 0 Å². The Morgan fingerprint density at radius 2 is 2.21 bits per heavy atom. The molecule has 3 heterocycles. The number of nitrogens with zero attached hydrogens (tertiary/aromatic N) is 5. The van der Waals surface area contributed by atoms with Crippen molar-refractivity contribution >= 4 is 5.91 Å². The van der Waals surface area contributed by atoms with Gasteiger partial charge in [-0.25, -0.2) is 4.98 Å². The van der Waals surface area contributed by atoms with Crippen LogP contribution in [0.4, 0.5) is 0 Å². The third kappa shape index (κ3) is 3.72. The number of likely N-dealkylation sites (tertiary alicyclic amines) is 1. The number of aromatic nitrogens is 4. The second kappa shape index (κ2) is 8.00. The van der Waals surface area contributed by atoms with Gasteiger partial charge in [0, 0.05) is 55.4 Å². The lowest BCUT2D eigenvalue weighted by Gasteiger charge is -2.33. The molecule has 1 saturated heterocycles. The van der Waals surface area contributed by atoms with Crippen molar-refractivity contribution in [3.8, 4) is 11.1 Å². The fourth-order valence-electron chi connectivity index (χ4n) is 4.14. The predicted octanol–water partition coefficient (Wildman–Crippen LogP) is 3.63. The Kier molecular flexibility index (Phi) is 5.28. The molecule has 1 fully saturated rings. The lowest BCUT2D eigenvalue weighted by atomic mass is 9.96. The summed E-state index contributed by atoms with van der Waals surface area (Å²) in [5, 5.41) is 4.43. The number of benzene rings is 1. The average Bonchev–Trinajstić information content (AvgIpc) is 3.37. The number of carbonyl (C=O) groups is 1. The molecule has 0 saturated carbocycles. The fraction of sp³-hybridized carbons (Fsp3) is 0.409. The first-order chi connectivity index (χ1) is 13.7. The highest BCUT2D eigenvalue weighted by Crippen LogP contribution is 2.26. The summed E-state index contributed by atoms with van der Waals surface area (Å²) in [5.41, 5.74) is 4.03. The van der Waals surface area contributed by atoms with E-state index in [1.165, 1.54) is 0 Å². The molecule has 1 aromatic carbocycles. The molecule has 0 unspecified atom stereocenters. The number of aryl methyl sites for hydroxylation is 1. The van der Waals surface area contributed by atoms with E-state index in [4.69, 9.17) is 0 Å². The zero-order valence-electron chi connectivity index (χ0n) is 16.6. The molecule has 1 aliphatic rings. The Bertz CT molecular complexity index is 944. The zero-order valence-corrected chi connectivity index (χ0v) is 16.6. The molecule has 0 N–H and O–H groups in total. The van der Waals surface area contributed by atoms with Crippen LogP contribution in [0.5, 0.6) is 0 Å². The van der Waals surface area contributed by atoms with Crippen LogP contribution in [0.2, 0.25) is 0 Å². The summed E-state index contributed by atoms with van der Waals surface area (Å²) in [5.74, 6) is 0.595. The summed E-state index contributed by atoms with van der Waals surface area (Å²) >= 11 is 0. The van der Waals surface area contributed by atoms with Crippen molar-refractivity contribution in [2.45, 2.75) is 39.8 Å². The maximum absolute atomic E-state index is 13.2. The molecule has 1 aliphatic heterocycles. The van der Waals surface area contributed by atoms with Crippen LogP contribution in [-0.4, -0.2) is 43.2 Å². The van der Waals surface area contributed by atoms with Crippen LogP contribution in [0, 0.1) is 12.8 Å². The molecule has 1 atom stereocenters. The highest BCUT2D eigenvalue weighted by Gasteiger charge is 2.25. The first kappa shape index (κ1) is 18.5. The quantitative estimate of drug-likeness (QED) is 0.682. The number of hydrogen-bond acceptors (Lipinski definition) is 3. The average molecular weight is 377 g/mol. The van der Waals surface area contributed by atoms with Crippen molar-refractivity contribution < 1.29 is 4.79 Å². The van der Waals surface area contributed by atoms with Crippen molar-refractivity contribution in [1.29, 1.82) is 0 Å². The molecule has 4 rings (SSSR count). The second-order valence-corrected chi connectivity index (χ2v) is 7.56. The van der Waals surface area contributed by atoms with Gasteiger partial charge in [0.05, 0.1) is 12.5 Å². The van der Waals surface area contributed by atoms with E-state index in [9.17, 15) is 4.79 Å². The molecule has 6 heteroatoms. The van der Waals surface area contributed by atoms with Gasteiger partial charge in [0.1, 0.15) is 0 Å². The highest BCUT2D eigenvalue weighted by molar-refractivity contribution is 5.95. The summed E-state index contributed by atoms with van der Waals surface area (Å²) < 4.78 is 4.09. The molecule has 3 aromatic rings. The SMILES string of the molecule is CCn1ncc(-c2cccc(C(=O)N3CCC[C@H](Cn4ccnc4)C3)c2)c1C. The molecule has 0 aliphatic carbocycles. The van der Waals surface area contributed by atoms with Crippen LogP contribution < -0.4 is 0 Å². The van der Waals surface area contributed by atoms with E-state index in [1.807, 2.05) is 46.5 Å². The molecular formula is C22H27N5O. The first-order valence-corrected chi connectivity index (χ1v) is 10.0. The summed E-state index contributed by atoms with van der Waals surface area (Å²) in [6.45, 7) is 7.55. The van der Waals surface area contributed by atoms with E-state index in [0.717, 1.165) is 61.4 Å². The fourth-order valence-corrected chi connectivity index (χ4v) is 4.14. The van der Waals surface area contributed by atoms with Crippen LogP contribution in [0.1, 0.15) is 35.8 Å². The number of piperidine rings is 1.